The zero-order valence-electron chi connectivity index (χ0n) is 12.2. The molecule has 0 unspecified atom stereocenters. The fourth-order valence-electron chi connectivity index (χ4n) is 2.04. The van der Waals surface area contributed by atoms with Crippen molar-refractivity contribution in [1.82, 2.24) is 10.5 Å². The lowest BCUT2D eigenvalue weighted by molar-refractivity contribution is -0.0504. The average molecular weight is 350 g/mol. The van der Waals surface area contributed by atoms with E-state index in [1.807, 2.05) is 17.5 Å². The quantitative estimate of drug-likeness (QED) is 0.731. The molecule has 0 fully saturated rings. The lowest BCUT2D eigenvalue weighted by atomic mass is 10.2. The van der Waals surface area contributed by atoms with Crippen molar-refractivity contribution < 1.29 is 22.8 Å². The van der Waals surface area contributed by atoms with Crippen molar-refractivity contribution >= 4 is 17.2 Å². The van der Waals surface area contributed by atoms with Crippen LogP contribution in [0.25, 0.3) is 10.6 Å². The van der Waals surface area contributed by atoms with E-state index in [1.165, 1.54) is 23.5 Å². The van der Waals surface area contributed by atoms with E-state index in [4.69, 9.17) is 4.52 Å². The summed E-state index contributed by atoms with van der Waals surface area (Å²) >= 11 is 1.47. The van der Waals surface area contributed by atoms with E-state index in [9.17, 15) is 13.6 Å². The normalized spacial score (nSPS) is 10.8. The summed E-state index contributed by atoms with van der Waals surface area (Å²) in [6.45, 7) is -2.89. The zero-order valence-corrected chi connectivity index (χ0v) is 13.1. The zero-order chi connectivity index (χ0) is 16.9. The molecular weight excluding hydrogens is 338 g/mol. The number of para-hydroxylation sites is 1. The summed E-state index contributed by atoms with van der Waals surface area (Å²) in [4.78, 5) is 13.0. The van der Waals surface area contributed by atoms with Gasteiger partial charge in [0.2, 0.25) is 0 Å². The van der Waals surface area contributed by atoms with Crippen molar-refractivity contribution in [2.24, 2.45) is 0 Å². The number of halogens is 2. The highest BCUT2D eigenvalue weighted by Crippen LogP contribution is 2.25. The number of benzene rings is 1. The summed E-state index contributed by atoms with van der Waals surface area (Å²) < 4.78 is 34.3. The molecule has 0 aliphatic rings. The Bertz CT molecular complexity index is 818. The van der Waals surface area contributed by atoms with Gasteiger partial charge in [0, 0.05) is 18.2 Å². The molecule has 0 aliphatic carbocycles. The van der Waals surface area contributed by atoms with Crippen LogP contribution in [0.5, 0.6) is 5.75 Å². The van der Waals surface area contributed by atoms with E-state index in [0.29, 0.717) is 11.3 Å². The van der Waals surface area contributed by atoms with Crippen LogP contribution in [0.3, 0.4) is 0 Å². The number of carbonyl (C=O) groups excluding carboxylic acids is 1. The Morgan fingerprint density at radius 1 is 1.29 bits per heavy atom. The number of thiophene rings is 1. The Morgan fingerprint density at radius 3 is 2.88 bits per heavy atom. The van der Waals surface area contributed by atoms with Crippen LogP contribution in [0.1, 0.15) is 16.1 Å². The Balaban J connectivity index is 1.66. The maximum Gasteiger partial charge on any atom is 0.387 e. The molecule has 8 heteroatoms. The molecule has 5 nitrogen and oxygen atoms in total. The standard InChI is InChI=1S/C16H12F2N2O3S/c17-16(18)22-12-5-2-1-4-10(12)9-19-15(21)11-8-13(23-20-11)14-6-3-7-24-14/h1-8,16H,9H2,(H,19,21). The Hall–Kier alpha value is -2.74. The summed E-state index contributed by atoms with van der Waals surface area (Å²) in [5, 5.41) is 8.21. The van der Waals surface area contributed by atoms with Crippen molar-refractivity contribution in [2.45, 2.75) is 13.2 Å². The van der Waals surface area contributed by atoms with Crippen molar-refractivity contribution in [3.8, 4) is 16.4 Å². The van der Waals surface area contributed by atoms with Gasteiger partial charge in [-0.25, -0.2) is 0 Å². The average Bonchev–Trinajstić information content (AvgIpc) is 3.24. The minimum atomic E-state index is -2.93. The number of alkyl halides is 2. The topological polar surface area (TPSA) is 64.4 Å². The van der Waals surface area contributed by atoms with Crippen molar-refractivity contribution in [2.75, 3.05) is 0 Å². The predicted molar refractivity (Wildman–Crippen MR) is 84.1 cm³/mol. The summed E-state index contributed by atoms with van der Waals surface area (Å²) in [7, 11) is 0. The first-order valence-electron chi connectivity index (χ1n) is 6.95. The number of carbonyl (C=O) groups is 1. The summed E-state index contributed by atoms with van der Waals surface area (Å²) in [6.07, 6.45) is 0. The third kappa shape index (κ3) is 3.77. The molecule has 3 aromatic rings. The second kappa shape index (κ2) is 7.22. The van der Waals surface area contributed by atoms with Gasteiger partial charge in [0.1, 0.15) is 5.75 Å². The van der Waals surface area contributed by atoms with Crippen LogP contribution in [-0.4, -0.2) is 17.7 Å². The highest BCUT2D eigenvalue weighted by Gasteiger charge is 2.15. The molecule has 124 valence electrons. The largest absolute Gasteiger partial charge is 0.434 e. The number of rotatable bonds is 6. The number of hydrogen-bond acceptors (Lipinski definition) is 5. The lowest BCUT2D eigenvalue weighted by Gasteiger charge is -2.10. The first-order valence-corrected chi connectivity index (χ1v) is 7.83. The Morgan fingerprint density at radius 2 is 2.12 bits per heavy atom. The molecule has 0 aliphatic heterocycles. The summed E-state index contributed by atoms with van der Waals surface area (Å²) in [5.74, 6) is 0.0530. The first-order chi connectivity index (χ1) is 11.6. The highest BCUT2D eigenvalue weighted by atomic mass is 32.1. The molecule has 1 aromatic carbocycles. The van der Waals surface area contributed by atoms with E-state index >= 15 is 0 Å². The second-order valence-electron chi connectivity index (χ2n) is 4.72. The monoisotopic (exact) mass is 350 g/mol. The third-order valence-electron chi connectivity index (χ3n) is 3.13. The maximum atomic E-state index is 12.4. The van der Waals surface area contributed by atoms with E-state index in [1.54, 1.807) is 18.2 Å². The van der Waals surface area contributed by atoms with Crippen LogP contribution in [0.15, 0.2) is 52.4 Å². The smallest absolute Gasteiger partial charge is 0.387 e. The van der Waals surface area contributed by atoms with Gasteiger partial charge in [-0.1, -0.05) is 29.4 Å². The number of nitrogens with zero attached hydrogens (tertiary/aromatic N) is 1. The Kier molecular flexibility index (Phi) is 4.85. The van der Waals surface area contributed by atoms with Crippen LogP contribution < -0.4 is 10.1 Å². The molecule has 0 bridgehead atoms. The molecule has 1 N–H and O–H groups in total. The van der Waals surface area contributed by atoms with Gasteiger partial charge in [0.25, 0.3) is 5.91 Å². The SMILES string of the molecule is O=C(NCc1ccccc1OC(F)F)c1cc(-c2cccs2)on1. The molecule has 0 saturated carbocycles. The molecule has 0 radical (unpaired) electrons. The molecule has 3 rings (SSSR count). The van der Waals surface area contributed by atoms with E-state index in [0.717, 1.165) is 4.88 Å². The van der Waals surface area contributed by atoms with Crippen LogP contribution in [-0.2, 0) is 6.54 Å². The molecule has 2 aromatic heterocycles. The molecule has 0 saturated heterocycles. The van der Waals surface area contributed by atoms with Crippen molar-refractivity contribution in [3.05, 3.63) is 59.1 Å². The van der Waals surface area contributed by atoms with Gasteiger partial charge in [-0.2, -0.15) is 8.78 Å². The third-order valence-corrected chi connectivity index (χ3v) is 4.02. The molecule has 1 amide bonds. The summed E-state index contributed by atoms with van der Waals surface area (Å²) in [5.41, 5.74) is 0.554. The van der Waals surface area contributed by atoms with E-state index in [-0.39, 0.29) is 18.0 Å². The number of nitrogens with one attached hydrogen (secondary N) is 1. The van der Waals surface area contributed by atoms with Gasteiger partial charge < -0.3 is 14.6 Å². The minimum absolute atomic E-state index is 0.0206. The predicted octanol–water partition coefficient (Wildman–Crippen LogP) is 3.93. The summed E-state index contributed by atoms with van der Waals surface area (Å²) in [6, 6.07) is 11.5. The number of aromatic nitrogens is 1. The van der Waals surface area contributed by atoms with Crippen LogP contribution in [0.2, 0.25) is 0 Å². The fraction of sp³-hybridized carbons (Fsp3) is 0.125. The lowest BCUT2D eigenvalue weighted by Crippen LogP contribution is -2.23. The van der Waals surface area contributed by atoms with Gasteiger partial charge >= 0.3 is 6.61 Å². The fourth-order valence-corrected chi connectivity index (χ4v) is 2.72. The van der Waals surface area contributed by atoms with Gasteiger partial charge in [-0.15, -0.1) is 11.3 Å². The molecule has 0 atom stereocenters. The second-order valence-corrected chi connectivity index (χ2v) is 5.67. The van der Waals surface area contributed by atoms with Crippen LogP contribution in [0, 0.1) is 0 Å². The number of ether oxygens (including phenoxy) is 1. The number of hydrogen-bond donors (Lipinski definition) is 1. The van der Waals surface area contributed by atoms with Crippen molar-refractivity contribution in [1.29, 1.82) is 0 Å². The van der Waals surface area contributed by atoms with Gasteiger partial charge in [-0.3, -0.25) is 4.79 Å². The van der Waals surface area contributed by atoms with E-state index < -0.39 is 12.5 Å². The van der Waals surface area contributed by atoms with E-state index in [2.05, 4.69) is 15.2 Å². The first kappa shape index (κ1) is 16.1. The Labute approximate surface area is 139 Å². The minimum Gasteiger partial charge on any atom is -0.434 e. The maximum absolute atomic E-state index is 12.4. The van der Waals surface area contributed by atoms with Gasteiger partial charge in [0.05, 0.1) is 4.88 Å². The van der Waals surface area contributed by atoms with Crippen molar-refractivity contribution in [3.63, 3.8) is 0 Å². The number of amides is 1. The molecule has 2 heterocycles. The molecule has 24 heavy (non-hydrogen) atoms. The van der Waals surface area contributed by atoms with Gasteiger partial charge in [0.15, 0.2) is 11.5 Å². The highest BCUT2D eigenvalue weighted by molar-refractivity contribution is 7.13. The van der Waals surface area contributed by atoms with Gasteiger partial charge in [-0.05, 0) is 17.5 Å². The van der Waals surface area contributed by atoms with Crippen LogP contribution >= 0.6 is 11.3 Å². The molecular formula is C16H12F2N2O3S. The molecule has 0 spiro atoms. The van der Waals surface area contributed by atoms with Crippen LogP contribution in [0.4, 0.5) is 8.78 Å².